The van der Waals surface area contributed by atoms with Gasteiger partial charge in [0.1, 0.15) is 0 Å². The van der Waals surface area contributed by atoms with E-state index in [9.17, 15) is 9.59 Å². The molecule has 0 spiro atoms. The lowest BCUT2D eigenvalue weighted by Gasteiger charge is -2.33. The molecule has 5 heteroatoms. The van der Waals surface area contributed by atoms with Crippen LogP contribution in [0, 0.1) is 23.7 Å². The van der Waals surface area contributed by atoms with Crippen LogP contribution in [0.25, 0.3) is 0 Å². The van der Waals surface area contributed by atoms with Gasteiger partial charge in [0.25, 0.3) is 0 Å². The van der Waals surface area contributed by atoms with E-state index < -0.39 is 5.97 Å². The predicted octanol–water partition coefficient (Wildman–Crippen LogP) is 2.96. The number of nitrogens with zero attached hydrogens (tertiary/aromatic N) is 1. The van der Waals surface area contributed by atoms with Crippen LogP contribution in [0.15, 0.2) is 0 Å². The SMILES string of the molecule is CC(C)C1CCC(CNC(=O)N2CCC(C(=O)O)CC2)CC1. The fourth-order valence-corrected chi connectivity index (χ4v) is 3.73. The van der Waals surface area contributed by atoms with Crippen LogP contribution in [-0.4, -0.2) is 41.6 Å². The number of carbonyl (C=O) groups excluding carboxylic acids is 1. The molecule has 22 heavy (non-hydrogen) atoms. The smallest absolute Gasteiger partial charge is 0.317 e. The number of amides is 2. The van der Waals surface area contributed by atoms with Crippen LogP contribution in [0.2, 0.25) is 0 Å². The number of urea groups is 1. The number of hydrogen-bond acceptors (Lipinski definition) is 2. The van der Waals surface area contributed by atoms with Crippen molar-refractivity contribution in [3.05, 3.63) is 0 Å². The van der Waals surface area contributed by atoms with Gasteiger partial charge >= 0.3 is 12.0 Å². The van der Waals surface area contributed by atoms with Crippen molar-refractivity contribution in [1.29, 1.82) is 0 Å². The highest BCUT2D eigenvalue weighted by Gasteiger charge is 2.28. The highest BCUT2D eigenvalue weighted by atomic mass is 16.4. The molecule has 0 aromatic heterocycles. The molecule has 2 N–H and O–H groups in total. The summed E-state index contributed by atoms with van der Waals surface area (Å²) in [7, 11) is 0. The summed E-state index contributed by atoms with van der Waals surface area (Å²) in [6, 6.07) is -0.0187. The van der Waals surface area contributed by atoms with Gasteiger partial charge in [-0.1, -0.05) is 13.8 Å². The van der Waals surface area contributed by atoms with Crippen LogP contribution < -0.4 is 5.32 Å². The second-order valence-corrected chi connectivity index (χ2v) is 7.31. The van der Waals surface area contributed by atoms with Crippen LogP contribution in [0.3, 0.4) is 0 Å². The van der Waals surface area contributed by atoms with E-state index in [1.165, 1.54) is 25.7 Å². The number of carbonyl (C=O) groups is 2. The maximum atomic E-state index is 12.2. The van der Waals surface area contributed by atoms with Crippen molar-refractivity contribution in [2.45, 2.75) is 52.4 Å². The molecule has 0 aromatic carbocycles. The van der Waals surface area contributed by atoms with Crippen LogP contribution in [0.1, 0.15) is 52.4 Å². The summed E-state index contributed by atoms with van der Waals surface area (Å²) in [4.78, 5) is 24.8. The van der Waals surface area contributed by atoms with Crippen molar-refractivity contribution in [3.63, 3.8) is 0 Å². The van der Waals surface area contributed by atoms with Crippen LogP contribution in [-0.2, 0) is 4.79 Å². The zero-order valence-electron chi connectivity index (χ0n) is 13.9. The average Bonchev–Trinajstić information content (AvgIpc) is 2.53. The Morgan fingerprint density at radius 2 is 1.68 bits per heavy atom. The third-order valence-corrected chi connectivity index (χ3v) is 5.51. The minimum atomic E-state index is -0.734. The number of likely N-dealkylation sites (tertiary alicyclic amines) is 1. The normalized spacial score (nSPS) is 27.0. The van der Waals surface area contributed by atoms with Gasteiger partial charge < -0.3 is 15.3 Å². The fraction of sp³-hybridized carbons (Fsp3) is 0.882. The lowest BCUT2D eigenvalue weighted by atomic mass is 9.77. The number of rotatable bonds is 4. The molecule has 1 heterocycles. The van der Waals surface area contributed by atoms with E-state index in [-0.39, 0.29) is 11.9 Å². The van der Waals surface area contributed by atoms with Crippen molar-refractivity contribution < 1.29 is 14.7 Å². The molecule has 2 fully saturated rings. The molecule has 5 nitrogen and oxygen atoms in total. The Balaban J connectivity index is 1.65. The minimum Gasteiger partial charge on any atom is -0.481 e. The summed E-state index contributed by atoms with van der Waals surface area (Å²) in [6.07, 6.45) is 6.13. The van der Waals surface area contributed by atoms with Crippen molar-refractivity contribution >= 4 is 12.0 Å². The van der Waals surface area contributed by atoms with E-state index in [0.717, 1.165) is 18.4 Å². The Hall–Kier alpha value is -1.26. The number of piperidine rings is 1. The number of carboxylic acid groups (broad SMARTS) is 1. The van der Waals surface area contributed by atoms with Crippen LogP contribution in [0.4, 0.5) is 4.79 Å². The first-order valence-electron chi connectivity index (χ1n) is 8.73. The molecular formula is C17H30N2O3. The molecule has 1 saturated carbocycles. The van der Waals surface area contributed by atoms with Gasteiger partial charge in [-0.3, -0.25) is 4.79 Å². The molecule has 0 bridgehead atoms. The minimum absolute atomic E-state index is 0.0187. The van der Waals surface area contributed by atoms with Crippen LogP contribution in [0.5, 0.6) is 0 Å². The maximum absolute atomic E-state index is 12.2. The first-order valence-corrected chi connectivity index (χ1v) is 8.73. The van der Waals surface area contributed by atoms with Gasteiger partial charge in [-0.15, -0.1) is 0 Å². The van der Waals surface area contributed by atoms with Gasteiger partial charge in [0.15, 0.2) is 0 Å². The lowest BCUT2D eigenvalue weighted by Crippen LogP contribution is -2.46. The summed E-state index contributed by atoms with van der Waals surface area (Å²) < 4.78 is 0. The molecule has 1 aliphatic carbocycles. The molecule has 126 valence electrons. The van der Waals surface area contributed by atoms with Crippen molar-refractivity contribution in [2.24, 2.45) is 23.7 Å². The summed E-state index contributed by atoms with van der Waals surface area (Å²) in [6.45, 7) is 6.48. The molecular weight excluding hydrogens is 280 g/mol. The zero-order valence-corrected chi connectivity index (χ0v) is 13.9. The molecule has 2 aliphatic rings. The van der Waals surface area contributed by atoms with Gasteiger partial charge in [-0.25, -0.2) is 4.79 Å². The Bertz CT molecular complexity index is 381. The Morgan fingerprint density at radius 3 is 2.18 bits per heavy atom. The number of hydrogen-bond donors (Lipinski definition) is 2. The van der Waals surface area contributed by atoms with Crippen LogP contribution >= 0.6 is 0 Å². The number of carboxylic acids is 1. The maximum Gasteiger partial charge on any atom is 0.317 e. The van der Waals surface area contributed by atoms with Gasteiger partial charge in [0.2, 0.25) is 0 Å². The summed E-state index contributed by atoms with van der Waals surface area (Å²) in [5, 5.41) is 12.0. The molecule has 1 saturated heterocycles. The number of nitrogens with one attached hydrogen (secondary N) is 1. The predicted molar refractivity (Wildman–Crippen MR) is 85.6 cm³/mol. The number of aliphatic carboxylic acids is 1. The van der Waals surface area contributed by atoms with Gasteiger partial charge in [-0.2, -0.15) is 0 Å². The second-order valence-electron chi connectivity index (χ2n) is 7.31. The molecule has 0 radical (unpaired) electrons. The van der Waals surface area contributed by atoms with Crippen molar-refractivity contribution in [3.8, 4) is 0 Å². The lowest BCUT2D eigenvalue weighted by molar-refractivity contribution is -0.143. The summed E-state index contributed by atoms with van der Waals surface area (Å²) in [5.74, 6) is 1.21. The Labute approximate surface area is 133 Å². The van der Waals surface area contributed by atoms with Crippen molar-refractivity contribution in [1.82, 2.24) is 10.2 Å². The van der Waals surface area contributed by atoms with E-state index in [1.807, 2.05) is 0 Å². The second kappa shape index (κ2) is 7.84. The molecule has 0 unspecified atom stereocenters. The Morgan fingerprint density at radius 1 is 1.09 bits per heavy atom. The van der Waals surface area contributed by atoms with Gasteiger partial charge in [-0.05, 0) is 56.3 Å². The topological polar surface area (TPSA) is 69.6 Å². The Kier molecular flexibility index (Phi) is 6.09. The van der Waals surface area contributed by atoms with E-state index in [1.54, 1.807) is 4.90 Å². The van der Waals surface area contributed by atoms with E-state index in [2.05, 4.69) is 19.2 Å². The van der Waals surface area contributed by atoms with E-state index in [4.69, 9.17) is 5.11 Å². The highest BCUT2D eigenvalue weighted by molar-refractivity contribution is 5.75. The van der Waals surface area contributed by atoms with Gasteiger partial charge in [0.05, 0.1) is 5.92 Å². The van der Waals surface area contributed by atoms with E-state index in [0.29, 0.717) is 31.8 Å². The third-order valence-electron chi connectivity index (χ3n) is 5.51. The molecule has 0 atom stereocenters. The van der Waals surface area contributed by atoms with Gasteiger partial charge in [0, 0.05) is 19.6 Å². The zero-order chi connectivity index (χ0) is 16.1. The third kappa shape index (κ3) is 4.62. The fourth-order valence-electron chi connectivity index (χ4n) is 3.73. The molecule has 2 rings (SSSR count). The van der Waals surface area contributed by atoms with E-state index >= 15 is 0 Å². The highest BCUT2D eigenvalue weighted by Crippen LogP contribution is 2.32. The molecule has 0 aromatic rings. The quantitative estimate of drug-likeness (QED) is 0.838. The summed E-state index contributed by atoms with van der Waals surface area (Å²) in [5.41, 5.74) is 0. The monoisotopic (exact) mass is 310 g/mol. The molecule has 1 aliphatic heterocycles. The first kappa shape index (κ1) is 17.1. The standard InChI is InChI=1S/C17H30N2O3/c1-12(2)14-5-3-13(4-6-14)11-18-17(22)19-9-7-15(8-10-19)16(20)21/h12-15H,3-11H2,1-2H3,(H,18,22)(H,20,21). The van der Waals surface area contributed by atoms with Crippen molar-refractivity contribution in [2.75, 3.05) is 19.6 Å². The summed E-state index contributed by atoms with van der Waals surface area (Å²) >= 11 is 0. The largest absolute Gasteiger partial charge is 0.481 e. The average molecular weight is 310 g/mol. The molecule has 2 amide bonds. The first-order chi connectivity index (χ1) is 10.5.